The summed E-state index contributed by atoms with van der Waals surface area (Å²) in [6, 6.07) is 8.68. The molecule has 0 atom stereocenters. The summed E-state index contributed by atoms with van der Waals surface area (Å²) in [4.78, 5) is 4.12. The van der Waals surface area contributed by atoms with E-state index >= 15 is 0 Å². The molecule has 5 nitrogen and oxygen atoms in total. The summed E-state index contributed by atoms with van der Waals surface area (Å²) in [7, 11) is -1.83. The van der Waals surface area contributed by atoms with Gasteiger partial charge in [0.2, 0.25) is 0 Å². The Morgan fingerprint density at radius 3 is 2.14 bits per heavy atom. The fourth-order valence-electron chi connectivity index (χ4n) is 2.41. The Hall–Kier alpha value is -1.89. The van der Waals surface area contributed by atoms with Gasteiger partial charge < -0.3 is 10.6 Å². The Kier molecular flexibility index (Phi) is 8.87. The van der Waals surface area contributed by atoms with Gasteiger partial charge in [0.1, 0.15) is 5.82 Å². The highest BCUT2D eigenvalue weighted by molar-refractivity contribution is 14.0. The summed E-state index contributed by atoms with van der Waals surface area (Å²) in [6.45, 7) is 0.0705. The highest BCUT2D eigenvalue weighted by atomic mass is 127. The van der Waals surface area contributed by atoms with Gasteiger partial charge in [-0.1, -0.05) is 18.2 Å². The number of sulfone groups is 1. The van der Waals surface area contributed by atoms with Gasteiger partial charge >= 0.3 is 6.18 Å². The number of hydrogen-bond acceptors (Lipinski definition) is 3. The van der Waals surface area contributed by atoms with Crippen molar-refractivity contribution in [2.45, 2.75) is 24.2 Å². The van der Waals surface area contributed by atoms with Crippen LogP contribution in [0.1, 0.15) is 16.7 Å². The average molecular weight is 545 g/mol. The molecule has 0 heterocycles. The van der Waals surface area contributed by atoms with Crippen LogP contribution in [0.15, 0.2) is 52.4 Å². The number of alkyl halides is 3. The van der Waals surface area contributed by atoms with Crippen molar-refractivity contribution in [1.82, 2.24) is 10.6 Å². The van der Waals surface area contributed by atoms with Crippen LogP contribution in [0.4, 0.5) is 17.6 Å². The highest BCUT2D eigenvalue weighted by Gasteiger charge is 2.33. The van der Waals surface area contributed by atoms with Crippen LogP contribution < -0.4 is 10.6 Å². The van der Waals surface area contributed by atoms with Crippen LogP contribution >= 0.6 is 24.0 Å². The molecule has 0 radical (unpaired) electrons. The summed E-state index contributed by atoms with van der Waals surface area (Å²) < 4.78 is 75.2. The molecule has 0 aliphatic rings. The lowest BCUT2D eigenvalue weighted by atomic mass is 10.1. The van der Waals surface area contributed by atoms with Gasteiger partial charge in [0, 0.05) is 26.4 Å². The maximum Gasteiger partial charge on any atom is 0.416 e. The molecule has 0 amide bonds. The first-order valence-corrected chi connectivity index (χ1v) is 9.99. The minimum Gasteiger partial charge on any atom is -0.352 e. The number of nitrogens with one attached hydrogen (secondary N) is 2. The number of aliphatic imine (C=N–C) groups is 1. The fraction of sp³-hybridized carbons (Fsp3) is 0.278. The summed E-state index contributed by atoms with van der Waals surface area (Å²) in [5.41, 5.74) is -0.408. The van der Waals surface area contributed by atoms with Gasteiger partial charge in [-0.15, -0.1) is 24.0 Å². The van der Waals surface area contributed by atoms with Crippen LogP contribution in [0.5, 0.6) is 0 Å². The van der Waals surface area contributed by atoms with E-state index in [4.69, 9.17) is 0 Å². The Morgan fingerprint density at radius 2 is 1.62 bits per heavy atom. The minimum absolute atomic E-state index is 0. The third-order valence-electron chi connectivity index (χ3n) is 3.86. The summed E-state index contributed by atoms with van der Waals surface area (Å²) in [6.07, 6.45) is -3.56. The van der Waals surface area contributed by atoms with E-state index in [1.165, 1.54) is 19.2 Å². The Bertz CT molecular complexity index is 962. The van der Waals surface area contributed by atoms with Crippen molar-refractivity contribution in [3.8, 4) is 0 Å². The van der Waals surface area contributed by atoms with Crippen LogP contribution in [0.25, 0.3) is 0 Å². The van der Waals surface area contributed by atoms with E-state index in [1.54, 1.807) is 12.1 Å². The largest absolute Gasteiger partial charge is 0.416 e. The lowest BCUT2D eigenvalue weighted by molar-refractivity contribution is -0.138. The zero-order valence-electron chi connectivity index (χ0n) is 15.5. The second-order valence-corrected chi connectivity index (χ2v) is 8.01. The lowest BCUT2D eigenvalue weighted by Crippen LogP contribution is -2.36. The third-order valence-corrected chi connectivity index (χ3v) is 4.99. The molecular weight excluding hydrogens is 525 g/mol. The van der Waals surface area contributed by atoms with Crippen molar-refractivity contribution in [2.24, 2.45) is 4.99 Å². The first kappa shape index (κ1) is 25.1. The van der Waals surface area contributed by atoms with Gasteiger partial charge in [-0.25, -0.2) is 12.8 Å². The maximum atomic E-state index is 13.2. The van der Waals surface area contributed by atoms with Crippen LogP contribution in [-0.2, 0) is 29.1 Å². The van der Waals surface area contributed by atoms with Crippen molar-refractivity contribution in [3.05, 3.63) is 65.0 Å². The predicted molar refractivity (Wildman–Crippen MR) is 113 cm³/mol. The smallest absolute Gasteiger partial charge is 0.352 e. The number of nitrogens with zero attached hydrogens (tertiary/aromatic N) is 1. The van der Waals surface area contributed by atoms with Gasteiger partial charge in [-0.2, -0.15) is 13.2 Å². The van der Waals surface area contributed by atoms with Gasteiger partial charge in [0.05, 0.1) is 10.5 Å². The van der Waals surface area contributed by atoms with E-state index in [0.29, 0.717) is 6.07 Å². The van der Waals surface area contributed by atoms with E-state index in [1.807, 2.05) is 0 Å². The Labute approximate surface area is 183 Å². The molecule has 2 N–H and O–H groups in total. The normalized spacial score (nSPS) is 12.3. The fourth-order valence-corrected chi connectivity index (χ4v) is 3.04. The molecule has 0 bridgehead atoms. The summed E-state index contributed by atoms with van der Waals surface area (Å²) in [5.74, 6) is -0.722. The van der Waals surface area contributed by atoms with E-state index in [9.17, 15) is 26.0 Å². The molecule has 0 aromatic heterocycles. The van der Waals surface area contributed by atoms with Crippen molar-refractivity contribution in [3.63, 3.8) is 0 Å². The molecule has 0 fully saturated rings. The average Bonchev–Trinajstić information content (AvgIpc) is 2.61. The molecular formula is C18H20F4IN3O2S. The molecule has 0 saturated carbocycles. The number of rotatable bonds is 5. The van der Waals surface area contributed by atoms with Gasteiger partial charge in [-0.05, 0) is 35.4 Å². The Balaban J connectivity index is 0.00000420. The number of benzene rings is 2. The lowest BCUT2D eigenvalue weighted by Gasteiger charge is -2.16. The van der Waals surface area contributed by atoms with Crippen LogP contribution in [0.3, 0.4) is 0 Å². The number of halogens is 5. The molecule has 0 aliphatic carbocycles. The van der Waals surface area contributed by atoms with Crippen LogP contribution in [0.2, 0.25) is 0 Å². The topological polar surface area (TPSA) is 70.6 Å². The second kappa shape index (κ2) is 10.2. The third kappa shape index (κ3) is 7.46. The predicted octanol–water partition coefficient (Wildman–Crippen LogP) is 3.73. The highest BCUT2D eigenvalue weighted by Crippen LogP contribution is 2.32. The molecule has 2 aromatic rings. The van der Waals surface area contributed by atoms with Crippen LogP contribution in [-0.4, -0.2) is 27.7 Å². The standard InChI is InChI=1S/C18H19F4N3O2S.HI/c1-23-17(24-10-12-3-7-15(8-4-12)28(2,26)27)25-11-13-5-6-14(19)9-16(13)18(20,21)22;/h3-9H,10-11H2,1-2H3,(H2,23,24,25);1H. The molecule has 2 aromatic carbocycles. The zero-order valence-corrected chi connectivity index (χ0v) is 18.7. The van der Waals surface area contributed by atoms with Gasteiger partial charge in [0.25, 0.3) is 0 Å². The van der Waals surface area contributed by atoms with Crippen molar-refractivity contribution < 1.29 is 26.0 Å². The second-order valence-electron chi connectivity index (χ2n) is 5.99. The molecule has 0 saturated heterocycles. The molecule has 29 heavy (non-hydrogen) atoms. The molecule has 2 rings (SSSR count). The summed E-state index contributed by atoms with van der Waals surface area (Å²) >= 11 is 0. The minimum atomic E-state index is -4.67. The molecule has 160 valence electrons. The van der Waals surface area contributed by atoms with E-state index in [2.05, 4.69) is 15.6 Å². The van der Waals surface area contributed by atoms with Crippen molar-refractivity contribution in [1.29, 1.82) is 0 Å². The first-order chi connectivity index (χ1) is 13.0. The van der Waals surface area contributed by atoms with Gasteiger partial charge in [0.15, 0.2) is 15.8 Å². The quantitative estimate of drug-likeness (QED) is 0.260. The van der Waals surface area contributed by atoms with E-state index < -0.39 is 27.4 Å². The molecule has 0 spiro atoms. The Morgan fingerprint density at radius 1 is 1.03 bits per heavy atom. The summed E-state index contributed by atoms with van der Waals surface area (Å²) in [5, 5.41) is 5.66. The van der Waals surface area contributed by atoms with Crippen molar-refractivity contribution >= 4 is 39.8 Å². The maximum absolute atomic E-state index is 13.2. The molecule has 0 aliphatic heterocycles. The van der Waals surface area contributed by atoms with Crippen LogP contribution in [0, 0.1) is 5.82 Å². The van der Waals surface area contributed by atoms with Gasteiger partial charge in [-0.3, -0.25) is 4.99 Å². The number of hydrogen-bond donors (Lipinski definition) is 2. The number of guanidine groups is 1. The monoisotopic (exact) mass is 545 g/mol. The van der Waals surface area contributed by atoms with E-state index in [0.717, 1.165) is 24.0 Å². The van der Waals surface area contributed by atoms with E-state index in [-0.39, 0.29) is 53.5 Å². The molecule has 0 unspecified atom stereocenters. The van der Waals surface area contributed by atoms with Crippen molar-refractivity contribution in [2.75, 3.05) is 13.3 Å². The zero-order chi connectivity index (χ0) is 20.9. The molecule has 11 heteroatoms. The SMILES string of the molecule is CN=C(NCc1ccc(S(C)(=O)=O)cc1)NCc1ccc(F)cc1C(F)(F)F.I. The first-order valence-electron chi connectivity index (χ1n) is 8.10.